The number of amides is 1. The molecule has 2 heterocycles. The Kier molecular flexibility index (Phi) is 9.28. The van der Waals surface area contributed by atoms with Crippen molar-refractivity contribution >= 4 is 17.7 Å². The zero-order valence-electron chi connectivity index (χ0n) is 22.3. The van der Waals surface area contributed by atoms with E-state index in [9.17, 15) is 28.2 Å². The van der Waals surface area contributed by atoms with Crippen molar-refractivity contribution in [1.29, 1.82) is 0 Å². The second-order valence-electron chi connectivity index (χ2n) is 9.78. The van der Waals surface area contributed by atoms with Crippen LogP contribution in [0.3, 0.4) is 0 Å². The van der Waals surface area contributed by atoms with Gasteiger partial charge >= 0.3 is 12.3 Å². The monoisotopic (exact) mass is 577 g/mol. The van der Waals surface area contributed by atoms with E-state index in [1.165, 1.54) is 21.9 Å². The molecule has 2 atom stereocenters. The smallest absolute Gasteiger partial charge is 0.416 e. The van der Waals surface area contributed by atoms with Gasteiger partial charge in [-0.15, -0.1) is 0 Å². The molecule has 1 saturated heterocycles. The van der Waals surface area contributed by atoms with E-state index in [1.807, 2.05) is 30.3 Å². The van der Waals surface area contributed by atoms with Gasteiger partial charge in [-0.05, 0) is 36.6 Å². The first-order valence-electron chi connectivity index (χ1n) is 13.0. The molecule has 2 aromatic carbocycles. The molecule has 0 bridgehead atoms. The number of halogens is 4. The molecule has 220 valence electrons. The molecular formula is C28H31F4N5O4. The molecule has 1 aliphatic rings. The number of anilines is 2. The van der Waals surface area contributed by atoms with E-state index in [0.717, 1.165) is 24.0 Å². The number of ether oxygens (including phenoxy) is 1. The summed E-state index contributed by atoms with van der Waals surface area (Å²) in [5.41, 5.74) is -1.12. The van der Waals surface area contributed by atoms with Crippen LogP contribution in [-0.4, -0.2) is 69.1 Å². The van der Waals surface area contributed by atoms with E-state index in [0.29, 0.717) is 12.1 Å². The number of likely N-dealkylation sites (tertiary alicyclic amines) is 1. The van der Waals surface area contributed by atoms with E-state index in [-0.39, 0.29) is 50.8 Å². The molecule has 1 amide bonds. The van der Waals surface area contributed by atoms with Gasteiger partial charge in [0.1, 0.15) is 24.6 Å². The highest BCUT2D eigenvalue weighted by molar-refractivity contribution is 5.68. The number of aliphatic hydroxyl groups excluding tert-OH is 1. The molecular weight excluding hydrogens is 546 g/mol. The van der Waals surface area contributed by atoms with Gasteiger partial charge in [-0.2, -0.15) is 17.6 Å². The minimum atomic E-state index is -4.46. The third-order valence-electron chi connectivity index (χ3n) is 6.96. The number of aromatic nitrogens is 2. The van der Waals surface area contributed by atoms with Crippen LogP contribution in [0.1, 0.15) is 30.0 Å². The summed E-state index contributed by atoms with van der Waals surface area (Å²) < 4.78 is 59.3. The van der Waals surface area contributed by atoms with Crippen LogP contribution in [0.4, 0.5) is 34.0 Å². The summed E-state index contributed by atoms with van der Waals surface area (Å²) in [7, 11) is 0. The van der Waals surface area contributed by atoms with Crippen LogP contribution in [0.2, 0.25) is 0 Å². The number of benzene rings is 2. The Hall–Kier alpha value is -3.97. The van der Waals surface area contributed by atoms with Crippen molar-refractivity contribution in [2.24, 2.45) is 0 Å². The summed E-state index contributed by atoms with van der Waals surface area (Å²) in [6.45, 7) is 1.88. The number of carbonyl (C=O) groups excluding carboxylic acids is 1. The fourth-order valence-corrected chi connectivity index (χ4v) is 4.44. The van der Waals surface area contributed by atoms with Crippen molar-refractivity contribution in [1.82, 2.24) is 14.9 Å². The Labute approximate surface area is 234 Å². The summed E-state index contributed by atoms with van der Waals surface area (Å²) >= 11 is 0. The van der Waals surface area contributed by atoms with E-state index in [4.69, 9.17) is 4.74 Å². The van der Waals surface area contributed by atoms with Crippen molar-refractivity contribution < 1.29 is 37.3 Å². The van der Waals surface area contributed by atoms with E-state index in [1.54, 1.807) is 6.92 Å². The van der Waals surface area contributed by atoms with E-state index < -0.39 is 35.4 Å². The summed E-state index contributed by atoms with van der Waals surface area (Å²) in [5, 5.41) is 24.4. The van der Waals surface area contributed by atoms with Gasteiger partial charge in [-0.3, -0.25) is 0 Å². The van der Waals surface area contributed by atoms with Gasteiger partial charge in [0.25, 0.3) is 0 Å². The van der Waals surface area contributed by atoms with Crippen LogP contribution in [-0.2, 0) is 24.1 Å². The molecule has 0 radical (unpaired) electrons. The number of aliphatic hydroxyl groups is 2. The molecule has 9 nitrogen and oxygen atoms in total. The minimum Gasteiger partial charge on any atom is -0.445 e. The highest BCUT2D eigenvalue weighted by Gasteiger charge is 2.42. The molecule has 0 saturated carbocycles. The predicted molar refractivity (Wildman–Crippen MR) is 142 cm³/mol. The van der Waals surface area contributed by atoms with E-state index in [2.05, 4.69) is 15.3 Å². The highest BCUT2D eigenvalue weighted by atomic mass is 19.4. The number of β-amino-alcohol motifs (C(OH)–C–C–N with tert-alkyl or cyclic N) is 1. The van der Waals surface area contributed by atoms with Gasteiger partial charge in [0, 0.05) is 26.2 Å². The largest absolute Gasteiger partial charge is 0.445 e. The summed E-state index contributed by atoms with van der Waals surface area (Å²) in [5.74, 6) is -1.11. The summed E-state index contributed by atoms with van der Waals surface area (Å²) in [6.07, 6.45) is -5.30. The van der Waals surface area contributed by atoms with Gasteiger partial charge < -0.3 is 30.1 Å². The van der Waals surface area contributed by atoms with Crippen LogP contribution >= 0.6 is 0 Å². The Morgan fingerprint density at radius 3 is 2.49 bits per heavy atom. The van der Waals surface area contributed by atoms with Gasteiger partial charge in [0.15, 0.2) is 11.6 Å². The zero-order chi connectivity index (χ0) is 29.6. The molecule has 0 unspecified atom stereocenters. The molecule has 1 aromatic heterocycles. The number of rotatable bonds is 9. The molecule has 3 N–H and O–H groups in total. The average molecular weight is 578 g/mol. The fraction of sp³-hybridized carbons (Fsp3) is 0.393. The van der Waals surface area contributed by atoms with Crippen LogP contribution in [0.5, 0.6) is 0 Å². The normalized spacial score (nSPS) is 19.1. The molecule has 3 aromatic rings. The van der Waals surface area contributed by atoms with Crippen LogP contribution in [0.25, 0.3) is 0 Å². The molecule has 41 heavy (non-hydrogen) atoms. The standard InChI is InChI=1S/C28H31F4N5O4/c1-2-36(14-19-8-10-21(11-9-19)28(30,31)32)25-23(29)24(34-18-35-25)33-17-27(40)12-13-37(15-22(27)38)26(39)41-16-20-6-4-3-5-7-20/h3-11,18,22,38,40H,2,12-17H2,1H3,(H,33,34,35)/t22-,27-/m0/s1. The first-order chi connectivity index (χ1) is 19.5. The third-order valence-corrected chi connectivity index (χ3v) is 6.96. The Morgan fingerprint density at radius 1 is 1.15 bits per heavy atom. The topological polar surface area (TPSA) is 111 Å². The molecule has 1 aliphatic heterocycles. The highest BCUT2D eigenvalue weighted by Crippen LogP contribution is 2.30. The maximum absolute atomic E-state index is 15.4. The van der Waals surface area contributed by atoms with Gasteiger partial charge in [0.2, 0.25) is 5.82 Å². The van der Waals surface area contributed by atoms with Crippen LogP contribution < -0.4 is 10.2 Å². The first-order valence-corrected chi connectivity index (χ1v) is 13.0. The molecule has 4 rings (SSSR count). The lowest BCUT2D eigenvalue weighted by Crippen LogP contribution is -2.59. The number of nitrogens with one attached hydrogen (secondary N) is 1. The maximum Gasteiger partial charge on any atom is 0.416 e. The predicted octanol–water partition coefficient (Wildman–Crippen LogP) is 4.21. The maximum atomic E-state index is 15.4. The van der Waals surface area contributed by atoms with Crippen LogP contribution in [0, 0.1) is 5.82 Å². The number of hydrogen-bond donors (Lipinski definition) is 3. The fourth-order valence-electron chi connectivity index (χ4n) is 4.44. The quantitative estimate of drug-likeness (QED) is 0.325. The van der Waals surface area contributed by atoms with Crippen molar-refractivity contribution in [2.45, 2.75) is 44.4 Å². The summed E-state index contributed by atoms with van der Waals surface area (Å²) in [4.78, 5) is 23.2. The lowest BCUT2D eigenvalue weighted by molar-refractivity contribution is -0.137. The SMILES string of the molecule is CCN(Cc1ccc(C(F)(F)F)cc1)c1ncnc(NC[C@@]2(O)CCN(C(=O)OCc3ccccc3)C[C@@H]2O)c1F. The number of carbonyl (C=O) groups is 1. The van der Waals surface area contributed by atoms with Crippen molar-refractivity contribution in [3.63, 3.8) is 0 Å². The second kappa shape index (κ2) is 12.7. The summed E-state index contributed by atoms with van der Waals surface area (Å²) in [6, 6.07) is 13.7. The van der Waals surface area contributed by atoms with Crippen molar-refractivity contribution in [3.8, 4) is 0 Å². The number of nitrogens with zero attached hydrogens (tertiary/aromatic N) is 4. The molecule has 13 heteroatoms. The molecule has 0 aliphatic carbocycles. The lowest BCUT2D eigenvalue weighted by Gasteiger charge is -2.41. The second-order valence-corrected chi connectivity index (χ2v) is 9.78. The van der Waals surface area contributed by atoms with Crippen molar-refractivity contribution in [2.75, 3.05) is 36.4 Å². The number of hydrogen-bond acceptors (Lipinski definition) is 8. The number of alkyl halides is 3. The first kappa shape index (κ1) is 30.0. The van der Waals surface area contributed by atoms with Crippen molar-refractivity contribution in [3.05, 3.63) is 83.4 Å². The molecule has 1 fully saturated rings. The van der Waals surface area contributed by atoms with E-state index >= 15 is 4.39 Å². The Bertz CT molecular complexity index is 1310. The zero-order valence-corrected chi connectivity index (χ0v) is 22.3. The minimum absolute atomic E-state index is 0.00380. The van der Waals surface area contributed by atoms with Crippen LogP contribution in [0.15, 0.2) is 60.9 Å². The Morgan fingerprint density at radius 2 is 1.85 bits per heavy atom. The Balaban J connectivity index is 1.35. The van der Waals surface area contributed by atoms with Gasteiger partial charge in [-0.25, -0.2) is 14.8 Å². The van der Waals surface area contributed by atoms with Gasteiger partial charge in [-0.1, -0.05) is 42.5 Å². The average Bonchev–Trinajstić information content (AvgIpc) is 2.96. The molecule has 0 spiro atoms. The third kappa shape index (κ3) is 7.41. The van der Waals surface area contributed by atoms with Gasteiger partial charge in [0.05, 0.1) is 12.1 Å². The number of piperidine rings is 1. The lowest BCUT2D eigenvalue weighted by atomic mass is 9.88.